The molecule has 5 aromatic heterocycles. The molecule has 0 fully saturated rings. The molecule has 5 heterocycles. The molecule has 0 saturated carbocycles. The van der Waals surface area contributed by atoms with E-state index in [1.165, 1.54) is 27.1 Å². The summed E-state index contributed by atoms with van der Waals surface area (Å²) in [7, 11) is 0. The maximum Gasteiger partial charge on any atom is 0.0795 e. The zero-order valence-corrected chi connectivity index (χ0v) is 23.4. The first-order valence-electron chi connectivity index (χ1n) is 14.8. The molecule has 0 amide bonds. The van der Waals surface area contributed by atoms with E-state index >= 15 is 0 Å². The van der Waals surface area contributed by atoms with Gasteiger partial charge in [-0.2, -0.15) is 0 Å². The van der Waals surface area contributed by atoms with Gasteiger partial charge in [-0.25, -0.2) is 0 Å². The highest BCUT2D eigenvalue weighted by Gasteiger charge is 2.30. The third-order valence-electron chi connectivity index (χ3n) is 8.86. The molecule has 206 valence electrons. The number of benzene rings is 4. The molecule has 5 heteroatoms. The zero-order valence-electron chi connectivity index (χ0n) is 23.4. The Morgan fingerprint density at radius 1 is 0.372 bits per heavy atom. The van der Waals surface area contributed by atoms with Gasteiger partial charge in [0.15, 0.2) is 0 Å². The lowest BCUT2D eigenvalue weighted by atomic mass is 9.86. The second-order valence-corrected chi connectivity index (χ2v) is 11.5. The third-order valence-corrected chi connectivity index (χ3v) is 8.86. The number of hydrogen-bond donors (Lipinski definition) is 5. The van der Waals surface area contributed by atoms with Crippen molar-refractivity contribution in [3.63, 3.8) is 0 Å². The molecule has 0 bridgehead atoms. The summed E-state index contributed by atoms with van der Waals surface area (Å²) in [6.07, 6.45) is 2.08. The van der Waals surface area contributed by atoms with Crippen LogP contribution in [0, 0.1) is 0 Å². The van der Waals surface area contributed by atoms with Crippen LogP contribution in [0.2, 0.25) is 0 Å². The summed E-state index contributed by atoms with van der Waals surface area (Å²) in [6, 6.07) is 45.4. The first-order valence-corrected chi connectivity index (χ1v) is 14.8. The summed E-state index contributed by atoms with van der Waals surface area (Å²) >= 11 is 0. The number of aromatic amines is 5. The lowest BCUT2D eigenvalue weighted by Gasteiger charge is -2.21. The number of fused-ring (bicyclic) bond motifs is 4. The molecule has 9 aromatic rings. The van der Waals surface area contributed by atoms with Gasteiger partial charge in [-0.15, -0.1) is 0 Å². The van der Waals surface area contributed by atoms with Gasteiger partial charge in [0, 0.05) is 56.7 Å². The van der Waals surface area contributed by atoms with Gasteiger partial charge in [-0.05, 0) is 81.7 Å². The number of hydrogen-bond acceptors (Lipinski definition) is 0. The van der Waals surface area contributed by atoms with Crippen LogP contribution in [0.25, 0.3) is 43.6 Å². The highest BCUT2D eigenvalue weighted by molar-refractivity contribution is 5.84. The monoisotopic (exact) mass is 555 g/mol. The predicted molar refractivity (Wildman–Crippen MR) is 176 cm³/mol. The van der Waals surface area contributed by atoms with Crippen molar-refractivity contribution in [2.45, 2.75) is 11.8 Å². The first kappa shape index (κ1) is 24.0. The fourth-order valence-corrected chi connectivity index (χ4v) is 6.88. The summed E-state index contributed by atoms with van der Waals surface area (Å²) in [5, 5.41) is 4.82. The molecule has 0 unspecified atom stereocenters. The fourth-order valence-electron chi connectivity index (χ4n) is 6.88. The Morgan fingerprint density at radius 2 is 0.721 bits per heavy atom. The van der Waals surface area contributed by atoms with Crippen molar-refractivity contribution in [1.29, 1.82) is 0 Å². The highest BCUT2D eigenvalue weighted by Crippen LogP contribution is 2.42. The van der Waals surface area contributed by atoms with Crippen LogP contribution in [-0.2, 0) is 0 Å². The van der Waals surface area contributed by atoms with Crippen LogP contribution in [0.5, 0.6) is 0 Å². The van der Waals surface area contributed by atoms with Crippen molar-refractivity contribution in [1.82, 2.24) is 24.9 Å². The maximum absolute atomic E-state index is 3.77. The number of H-pyrrole nitrogens is 5. The van der Waals surface area contributed by atoms with Crippen molar-refractivity contribution >= 4 is 43.6 Å². The molecule has 0 saturated heterocycles. The van der Waals surface area contributed by atoms with Crippen LogP contribution in [0.15, 0.2) is 134 Å². The average molecular weight is 556 g/mol. The van der Waals surface area contributed by atoms with Crippen LogP contribution >= 0.6 is 0 Å². The molecule has 4 aromatic carbocycles. The molecule has 43 heavy (non-hydrogen) atoms. The summed E-state index contributed by atoms with van der Waals surface area (Å²) in [4.78, 5) is 18.8. The van der Waals surface area contributed by atoms with Crippen LogP contribution in [0.1, 0.15) is 45.9 Å². The fraction of sp³-hybridized carbons (Fsp3) is 0.0526. The van der Waals surface area contributed by atoms with Crippen LogP contribution in [0.4, 0.5) is 0 Å². The summed E-state index contributed by atoms with van der Waals surface area (Å²) in [6.45, 7) is 0. The van der Waals surface area contributed by atoms with Crippen LogP contribution in [-0.4, -0.2) is 24.9 Å². The lowest BCUT2D eigenvalue weighted by Crippen LogP contribution is -2.12. The SMILES string of the molecule is c1ccc2[nH]c(C(c3cc4ccccc4[nH]3)c3cc[nH]c3C(c3cc4ccccc4[nH]3)c3cc4ccccc4[nH]3)cc2c1. The number of nitrogens with one attached hydrogen (secondary N) is 5. The van der Waals surface area contributed by atoms with Crippen molar-refractivity contribution in [3.8, 4) is 0 Å². The van der Waals surface area contributed by atoms with Crippen molar-refractivity contribution in [2.75, 3.05) is 0 Å². The normalized spacial score (nSPS) is 12.1. The van der Waals surface area contributed by atoms with Gasteiger partial charge in [0.2, 0.25) is 0 Å². The zero-order chi connectivity index (χ0) is 28.3. The molecule has 5 nitrogen and oxygen atoms in total. The Bertz CT molecular complexity index is 1940. The van der Waals surface area contributed by atoms with Gasteiger partial charge < -0.3 is 24.9 Å². The van der Waals surface area contributed by atoms with E-state index in [2.05, 4.69) is 159 Å². The number of aromatic nitrogens is 5. The molecular formula is C38H29N5. The molecule has 0 atom stereocenters. The highest BCUT2D eigenvalue weighted by atomic mass is 14.8. The van der Waals surface area contributed by atoms with Crippen molar-refractivity contribution in [2.24, 2.45) is 0 Å². The molecule has 0 aliphatic heterocycles. The quantitative estimate of drug-likeness (QED) is 0.136. The van der Waals surface area contributed by atoms with Crippen molar-refractivity contribution in [3.05, 3.63) is 168 Å². The van der Waals surface area contributed by atoms with Gasteiger partial charge in [0.25, 0.3) is 0 Å². The Morgan fingerprint density at radius 3 is 1.09 bits per heavy atom. The first-order chi connectivity index (χ1) is 21.3. The van der Waals surface area contributed by atoms with Gasteiger partial charge in [-0.3, -0.25) is 0 Å². The van der Waals surface area contributed by atoms with Gasteiger partial charge >= 0.3 is 0 Å². The minimum Gasteiger partial charge on any atom is -0.364 e. The van der Waals surface area contributed by atoms with E-state index in [1.807, 2.05) is 0 Å². The second-order valence-electron chi connectivity index (χ2n) is 11.5. The topological polar surface area (TPSA) is 78.9 Å². The summed E-state index contributed by atoms with van der Waals surface area (Å²) in [5.41, 5.74) is 11.5. The van der Waals surface area contributed by atoms with E-state index in [9.17, 15) is 0 Å². The van der Waals surface area contributed by atoms with Gasteiger partial charge in [0.1, 0.15) is 0 Å². The predicted octanol–water partition coefficient (Wildman–Crippen LogP) is 9.30. The van der Waals surface area contributed by atoms with E-state index in [4.69, 9.17) is 0 Å². The Balaban J connectivity index is 1.29. The standard InChI is InChI=1S/C38H29N5/c1-5-13-28-23(9-1)19-32(40-28)36(33-20-24-10-2-6-14-29(24)41-33)27-17-18-39-38(27)37(34-21-25-11-3-7-15-30(25)42-34)35-22-26-12-4-8-16-31(26)43-35/h1-22,36-37,39-43H. The largest absolute Gasteiger partial charge is 0.364 e. The molecule has 5 N–H and O–H groups in total. The molecule has 9 rings (SSSR count). The van der Waals surface area contributed by atoms with E-state index in [1.54, 1.807) is 0 Å². The lowest BCUT2D eigenvalue weighted by molar-refractivity contribution is 0.822. The smallest absolute Gasteiger partial charge is 0.0795 e. The molecule has 0 spiro atoms. The number of para-hydroxylation sites is 4. The van der Waals surface area contributed by atoms with Crippen LogP contribution < -0.4 is 0 Å². The molecule has 0 aliphatic carbocycles. The third kappa shape index (κ3) is 3.93. The minimum absolute atomic E-state index is 0.0442. The summed E-state index contributed by atoms with van der Waals surface area (Å²) in [5.74, 6) is -0.113. The van der Waals surface area contributed by atoms with Gasteiger partial charge in [-0.1, -0.05) is 72.8 Å². The Labute approximate surface area is 247 Å². The van der Waals surface area contributed by atoms with Crippen molar-refractivity contribution < 1.29 is 0 Å². The van der Waals surface area contributed by atoms with Crippen LogP contribution in [0.3, 0.4) is 0 Å². The number of rotatable bonds is 6. The van der Waals surface area contributed by atoms with E-state index in [-0.39, 0.29) is 11.8 Å². The Hall–Kier alpha value is -5.68. The maximum atomic E-state index is 3.77. The molecular weight excluding hydrogens is 526 g/mol. The van der Waals surface area contributed by atoms with E-state index in [0.29, 0.717) is 0 Å². The Kier molecular flexibility index (Phi) is 5.26. The van der Waals surface area contributed by atoms with E-state index in [0.717, 1.165) is 50.5 Å². The summed E-state index contributed by atoms with van der Waals surface area (Å²) < 4.78 is 0. The molecule has 0 radical (unpaired) electrons. The second kappa shape index (κ2) is 9.43. The minimum atomic E-state index is -0.0685. The van der Waals surface area contributed by atoms with E-state index < -0.39 is 0 Å². The average Bonchev–Trinajstić information content (AvgIpc) is 3.87. The molecule has 0 aliphatic rings. The van der Waals surface area contributed by atoms with Gasteiger partial charge in [0.05, 0.1) is 11.8 Å².